The molecule has 3 N–H and O–H groups in total. The summed E-state index contributed by atoms with van der Waals surface area (Å²) in [5.41, 5.74) is 5.31. The average molecular weight is 230 g/mol. The van der Waals surface area contributed by atoms with Crippen LogP contribution in [0.5, 0.6) is 0 Å². The van der Waals surface area contributed by atoms with Crippen molar-refractivity contribution in [2.45, 2.75) is 44.4 Å². The van der Waals surface area contributed by atoms with Gasteiger partial charge in [0.15, 0.2) is 0 Å². The number of primary amides is 1. The van der Waals surface area contributed by atoms with Crippen LogP contribution in [0.4, 0.5) is 0 Å². The SMILES string of the molecule is COCC(C)OCCC(NC1CC1)C(N)=O. The Hall–Kier alpha value is -0.650. The molecular weight excluding hydrogens is 208 g/mol. The summed E-state index contributed by atoms with van der Waals surface area (Å²) in [5, 5.41) is 3.21. The summed E-state index contributed by atoms with van der Waals surface area (Å²) in [5.74, 6) is -0.296. The van der Waals surface area contributed by atoms with Gasteiger partial charge in [0, 0.05) is 19.8 Å². The molecule has 0 aromatic heterocycles. The van der Waals surface area contributed by atoms with E-state index in [0.717, 1.165) is 12.8 Å². The minimum Gasteiger partial charge on any atom is -0.382 e. The standard InChI is InChI=1S/C11H22N2O3/c1-8(7-15-2)16-6-5-10(11(12)14)13-9-3-4-9/h8-10,13H,3-7H2,1-2H3,(H2,12,14). The summed E-state index contributed by atoms with van der Waals surface area (Å²) in [6, 6.07) is 0.219. The number of carbonyl (C=O) groups excluding carboxylic acids is 1. The van der Waals surface area contributed by atoms with Gasteiger partial charge in [0.1, 0.15) is 0 Å². The number of methoxy groups -OCH3 is 1. The van der Waals surface area contributed by atoms with Crippen molar-refractivity contribution in [3.8, 4) is 0 Å². The molecule has 1 saturated carbocycles. The molecule has 2 unspecified atom stereocenters. The number of ether oxygens (including phenoxy) is 2. The normalized spacial score (nSPS) is 19.4. The Bertz CT molecular complexity index is 219. The van der Waals surface area contributed by atoms with Crippen molar-refractivity contribution < 1.29 is 14.3 Å². The first-order valence-corrected chi connectivity index (χ1v) is 5.79. The summed E-state index contributed by atoms with van der Waals surface area (Å²) in [6.07, 6.45) is 2.97. The maximum Gasteiger partial charge on any atom is 0.234 e. The Labute approximate surface area is 96.7 Å². The molecule has 0 aliphatic heterocycles. The average Bonchev–Trinajstić information content (AvgIpc) is 3.00. The highest BCUT2D eigenvalue weighted by atomic mass is 16.5. The number of rotatable bonds is 9. The first-order valence-electron chi connectivity index (χ1n) is 5.79. The zero-order valence-electron chi connectivity index (χ0n) is 10.1. The van der Waals surface area contributed by atoms with Crippen LogP contribution in [0.3, 0.4) is 0 Å². The maximum atomic E-state index is 11.1. The van der Waals surface area contributed by atoms with Crippen LogP contribution in [0.2, 0.25) is 0 Å². The van der Waals surface area contributed by atoms with E-state index in [2.05, 4.69) is 5.32 Å². The molecule has 0 radical (unpaired) electrons. The summed E-state index contributed by atoms with van der Waals surface area (Å²) >= 11 is 0. The van der Waals surface area contributed by atoms with E-state index in [1.165, 1.54) is 0 Å². The van der Waals surface area contributed by atoms with Crippen LogP contribution in [-0.2, 0) is 14.3 Å². The van der Waals surface area contributed by atoms with Gasteiger partial charge in [0.25, 0.3) is 0 Å². The van der Waals surface area contributed by atoms with Crippen molar-refractivity contribution in [1.82, 2.24) is 5.32 Å². The minimum absolute atomic E-state index is 0.0550. The van der Waals surface area contributed by atoms with E-state index >= 15 is 0 Å². The molecule has 5 nitrogen and oxygen atoms in total. The lowest BCUT2D eigenvalue weighted by molar-refractivity contribution is -0.120. The zero-order valence-corrected chi connectivity index (χ0v) is 10.1. The highest BCUT2D eigenvalue weighted by Crippen LogP contribution is 2.19. The van der Waals surface area contributed by atoms with Crippen LogP contribution in [-0.4, -0.2) is 44.4 Å². The third-order valence-electron chi connectivity index (χ3n) is 2.57. The van der Waals surface area contributed by atoms with Crippen molar-refractivity contribution in [3.05, 3.63) is 0 Å². The molecule has 1 amide bonds. The van der Waals surface area contributed by atoms with Crippen molar-refractivity contribution in [1.29, 1.82) is 0 Å². The van der Waals surface area contributed by atoms with Crippen molar-refractivity contribution in [2.24, 2.45) is 5.73 Å². The van der Waals surface area contributed by atoms with Crippen molar-refractivity contribution in [2.75, 3.05) is 20.3 Å². The fourth-order valence-corrected chi connectivity index (χ4v) is 1.51. The number of nitrogens with one attached hydrogen (secondary N) is 1. The highest BCUT2D eigenvalue weighted by Gasteiger charge is 2.26. The van der Waals surface area contributed by atoms with E-state index in [9.17, 15) is 4.79 Å². The summed E-state index contributed by atoms with van der Waals surface area (Å²) in [6.45, 7) is 3.03. The number of hydrogen-bond acceptors (Lipinski definition) is 4. The van der Waals surface area contributed by atoms with Gasteiger partial charge >= 0.3 is 0 Å². The monoisotopic (exact) mass is 230 g/mol. The molecule has 0 saturated heterocycles. The molecule has 0 spiro atoms. The Balaban J connectivity index is 2.13. The number of carbonyl (C=O) groups is 1. The molecule has 0 aromatic rings. The predicted octanol–water partition coefficient (Wildman–Crippen LogP) is 0.0339. The van der Waals surface area contributed by atoms with Gasteiger partial charge in [-0.15, -0.1) is 0 Å². The lowest BCUT2D eigenvalue weighted by atomic mass is 10.2. The molecule has 0 aromatic carbocycles. The Morgan fingerprint density at radius 2 is 2.25 bits per heavy atom. The van der Waals surface area contributed by atoms with Crippen LogP contribution in [0.25, 0.3) is 0 Å². The van der Waals surface area contributed by atoms with E-state index in [-0.39, 0.29) is 18.1 Å². The van der Waals surface area contributed by atoms with E-state index in [4.69, 9.17) is 15.2 Å². The summed E-state index contributed by atoms with van der Waals surface area (Å²) in [7, 11) is 1.64. The Morgan fingerprint density at radius 3 is 2.75 bits per heavy atom. The summed E-state index contributed by atoms with van der Waals surface area (Å²) in [4.78, 5) is 11.1. The molecule has 1 fully saturated rings. The molecule has 0 bridgehead atoms. The van der Waals surface area contributed by atoms with E-state index < -0.39 is 0 Å². The van der Waals surface area contributed by atoms with Gasteiger partial charge in [-0.25, -0.2) is 0 Å². The molecular formula is C11H22N2O3. The second-order valence-electron chi connectivity index (χ2n) is 4.32. The smallest absolute Gasteiger partial charge is 0.234 e. The number of amides is 1. The topological polar surface area (TPSA) is 73.6 Å². The van der Waals surface area contributed by atoms with Crippen molar-refractivity contribution in [3.63, 3.8) is 0 Å². The van der Waals surface area contributed by atoms with Gasteiger partial charge in [-0.05, 0) is 26.2 Å². The molecule has 94 valence electrons. The lowest BCUT2D eigenvalue weighted by Crippen LogP contribution is -2.43. The van der Waals surface area contributed by atoms with Crippen LogP contribution >= 0.6 is 0 Å². The molecule has 5 heteroatoms. The van der Waals surface area contributed by atoms with Crippen LogP contribution < -0.4 is 11.1 Å². The molecule has 1 aliphatic carbocycles. The van der Waals surface area contributed by atoms with Gasteiger partial charge in [-0.2, -0.15) is 0 Å². The Kier molecular flexibility index (Phi) is 5.73. The van der Waals surface area contributed by atoms with E-state index in [0.29, 0.717) is 25.7 Å². The second kappa shape index (κ2) is 6.83. The highest BCUT2D eigenvalue weighted by molar-refractivity contribution is 5.79. The maximum absolute atomic E-state index is 11.1. The first kappa shape index (κ1) is 13.4. The minimum atomic E-state index is -0.296. The van der Waals surface area contributed by atoms with Crippen LogP contribution in [0, 0.1) is 0 Å². The van der Waals surface area contributed by atoms with Crippen molar-refractivity contribution >= 4 is 5.91 Å². The predicted molar refractivity (Wildman–Crippen MR) is 61.0 cm³/mol. The van der Waals surface area contributed by atoms with Gasteiger partial charge in [-0.3, -0.25) is 4.79 Å². The fourth-order valence-electron chi connectivity index (χ4n) is 1.51. The summed E-state index contributed by atoms with van der Waals surface area (Å²) < 4.78 is 10.4. The van der Waals surface area contributed by atoms with Gasteiger partial charge in [0.2, 0.25) is 5.91 Å². The largest absolute Gasteiger partial charge is 0.382 e. The first-order chi connectivity index (χ1) is 7.63. The fraction of sp³-hybridized carbons (Fsp3) is 0.909. The second-order valence-corrected chi connectivity index (χ2v) is 4.32. The molecule has 2 atom stereocenters. The van der Waals surface area contributed by atoms with Gasteiger partial charge in [-0.1, -0.05) is 0 Å². The third kappa shape index (κ3) is 5.44. The molecule has 1 rings (SSSR count). The molecule has 16 heavy (non-hydrogen) atoms. The zero-order chi connectivity index (χ0) is 12.0. The van der Waals surface area contributed by atoms with E-state index in [1.807, 2.05) is 6.92 Å². The van der Waals surface area contributed by atoms with Gasteiger partial charge < -0.3 is 20.5 Å². The number of nitrogens with two attached hydrogens (primary N) is 1. The van der Waals surface area contributed by atoms with Crippen LogP contribution in [0.15, 0.2) is 0 Å². The van der Waals surface area contributed by atoms with Crippen LogP contribution in [0.1, 0.15) is 26.2 Å². The quantitative estimate of drug-likeness (QED) is 0.586. The molecule has 1 aliphatic rings. The van der Waals surface area contributed by atoms with Gasteiger partial charge in [0.05, 0.1) is 18.8 Å². The number of hydrogen-bond donors (Lipinski definition) is 2. The Morgan fingerprint density at radius 1 is 1.56 bits per heavy atom. The lowest BCUT2D eigenvalue weighted by Gasteiger charge is -2.17. The van der Waals surface area contributed by atoms with E-state index in [1.54, 1.807) is 7.11 Å². The third-order valence-corrected chi connectivity index (χ3v) is 2.57. The molecule has 0 heterocycles.